The summed E-state index contributed by atoms with van der Waals surface area (Å²) in [4.78, 5) is 15.8. The number of hydrogen-bond acceptors (Lipinski definition) is 6. The number of carboxylic acids is 1. The van der Waals surface area contributed by atoms with E-state index in [0.29, 0.717) is 29.5 Å². The Labute approximate surface area is 191 Å². The Hall–Kier alpha value is -3.91. The number of nitrogens with zero attached hydrogens (tertiary/aromatic N) is 1. The quantitative estimate of drug-likeness (QED) is 0.402. The van der Waals surface area contributed by atoms with Gasteiger partial charge in [0.2, 0.25) is 0 Å². The van der Waals surface area contributed by atoms with E-state index in [1.165, 1.54) is 18.4 Å². The van der Waals surface area contributed by atoms with Gasteiger partial charge in [-0.05, 0) is 36.4 Å². The average Bonchev–Trinajstić information content (AvgIpc) is 3.24. The first-order chi connectivity index (χ1) is 15.8. The summed E-state index contributed by atoms with van der Waals surface area (Å²) in [6.07, 6.45) is 1.56. The standard InChI is InChI=1S/C25H21NO6S/c1-33(29,30)21-13-9-17(10-14-21)23-24(18-5-3-2-4-6-18)32-22(26-23)15-16-31-20-11-7-19(8-12-20)25(27)28/h2-14H,15-16H2,1H3,(H,27,28). The monoisotopic (exact) mass is 463 g/mol. The lowest BCUT2D eigenvalue weighted by molar-refractivity contribution is 0.0697. The topological polar surface area (TPSA) is 107 Å². The Bertz CT molecular complexity index is 1360. The van der Waals surface area contributed by atoms with Gasteiger partial charge in [0, 0.05) is 17.4 Å². The maximum atomic E-state index is 11.8. The first-order valence-corrected chi connectivity index (χ1v) is 12.0. The molecule has 0 saturated carbocycles. The lowest BCUT2D eigenvalue weighted by Crippen LogP contribution is -2.02. The van der Waals surface area contributed by atoms with Crippen LogP contribution in [0.3, 0.4) is 0 Å². The predicted molar refractivity (Wildman–Crippen MR) is 123 cm³/mol. The minimum absolute atomic E-state index is 0.189. The molecule has 0 unspecified atom stereocenters. The molecule has 0 radical (unpaired) electrons. The van der Waals surface area contributed by atoms with Crippen molar-refractivity contribution in [2.75, 3.05) is 12.9 Å². The summed E-state index contributed by atoms with van der Waals surface area (Å²) in [5.41, 5.74) is 2.39. The van der Waals surface area contributed by atoms with Gasteiger partial charge in [-0.25, -0.2) is 18.2 Å². The number of carbonyl (C=O) groups is 1. The number of carboxylic acid groups (broad SMARTS) is 1. The van der Waals surface area contributed by atoms with Gasteiger partial charge in [-0.15, -0.1) is 0 Å². The molecule has 168 valence electrons. The van der Waals surface area contributed by atoms with Crippen LogP contribution in [0.15, 0.2) is 88.2 Å². The summed E-state index contributed by atoms with van der Waals surface area (Å²) in [7, 11) is -3.30. The fraction of sp³-hybridized carbons (Fsp3) is 0.120. The Balaban J connectivity index is 1.57. The molecule has 0 aliphatic heterocycles. The number of hydrogen-bond donors (Lipinski definition) is 1. The van der Waals surface area contributed by atoms with E-state index in [2.05, 4.69) is 4.98 Å². The van der Waals surface area contributed by atoms with Crippen molar-refractivity contribution in [2.24, 2.45) is 0 Å². The molecule has 4 aromatic rings. The van der Waals surface area contributed by atoms with E-state index in [0.717, 1.165) is 11.1 Å². The maximum Gasteiger partial charge on any atom is 0.335 e. The average molecular weight is 464 g/mol. The molecule has 1 N–H and O–H groups in total. The van der Waals surface area contributed by atoms with Crippen molar-refractivity contribution < 1.29 is 27.5 Å². The van der Waals surface area contributed by atoms with Gasteiger partial charge in [-0.1, -0.05) is 42.5 Å². The summed E-state index contributed by atoms with van der Waals surface area (Å²) < 4.78 is 35.3. The predicted octanol–water partition coefficient (Wildman–Crippen LogP) is 4.73. The van der Waals surface area contributed by atoms with E-state index >= 15 is 0 Å². The Kier molecular flexibility index (Phi) is 6.28. The van der Waals surface area contributed by atoms with E-state index < -0.39 is 15.8 Å². The Morgan fingerprint density at radius 2 is 1.61 bits per heavy atom. The molecule has 8 heteroatoms. The van der Waals surface area contributed by atoms with Crippen molar-refractivity contribution >= 4 is 15.8 Å². The maximum absolute atomic E-state index is 11.8. The van der Waals surface area contributed by atoms with Gasteiger partial charge in [-0.2, -0.15) is 0 Å². The SMILES string of the molecule is CS(=O)(=O)c1ccc(-c2nc(CCOc3ccc(C(=O)O)cc3)oc2-c2ccccc2)cc1. The zero-order valence-corrected chi connectivity index (χ0v) is 18.6. The lowest BCUT2D eigenvalue weighted by Gasteiger charge is -2.04. The van der Waals surface area contributed by atoms with Crippen molar-refractivity contribution in [1.82, 2.24) is 4.98 Å². The first-order valence-electron chi connectivity index (χ1n) is 10.1. The molecule has 0 aliphatic carbocycles. The van der Waals surface area contributed by atoms with Gasteiger partial charge >= 0.3 is 5.97 Å². The van der Waals surface area contributed by atoms with Gasteiger partial charge < -0.3 is 14.3 Å². The van der Waals surface area contributed by atoms with Gasteiger partial charge in [0.15, 0.2) is 21.5 Å². The number of rotatable bonds is 8. The molecule has 0 saturated heterocycles. The molecule has 0 bridgehead atoms. The van der Waals surface area contributed by atoms with Crippen molar-refractivity contribution in [3.8, 4) is 28.3 Å². The van der Waals surface area contributed by atoms with Crippen LogP contribution in [-0.2, 0) is 16.3 Å². The van der Waals surface area contributed by atoms with Crippen LogP contribution < -0.4 is 4.74 Å². The molecule has 7 nitrogen and oxygen atoms in total. The fourth-order valence-corrected chi connectivity index (χ4v) is 3.89. The summed E-state index contributed by atoms with van der Waals surface area (Å²) in [6, 6.07) is 22.2. The molecule has 1 heterocycles. The van der Waals surface area contributed by atoms with Gasteiger partial charge in [0.25, 0.3) is 0 Å². The van der Waals surface area contributed by atoms with Crippen LogP contribution in [0.1, 0.15) is 16.2 Å². The Morgan fingerprint density at radius 3 is 2.21 bits per heavy atom. The molecule has 4 rings (SSSR count). The largest absolute Gasteiger partial charge is 0.493 e. The summed E-state index contributed by atoms with van der Waals surface area (Å²) in [5.74, 6) is 0.611. The van der Waals surface area contributed by atoms with Crippen LogP contribution in [0.2, 0.25) is 0 Å². The van der Waals surface area contributed by atoms with Crippen LogP contribution >= 0.6 is 0 Å². The van der Waals surface area contributed by atoms with E-state index in [1.54, 1.807) is 36.4 Å². The number of aromatic carboxylic acids is 1. The number of sulfone groups is 1. The number of benzene rings is 3. The summed E-state index contributed by atoms with van der Waals surface area (Å²) in [6.45, 7) is 0.285. The van der Waals surface area contributed by atoms with E-state index in [9.17, 15) is 13.2 Å². The Morgan fingerprint density at radius 1 is 0.939 bits per heavy atom. The molecule has 3 aromatic carbocycles. The summed E-state index contributed by atoms with van der Waals surface area (Å²) in [5, 5.41) is 8.98. The van der Waals surface area contributed by atoms with Crippen molar-refractivity contribution in [2.45, 2.75) is 11.3 Å². The number of ether oxygens (including phenoxy) is 1. The minimum atomic E-state index is -3.30. The van der Waals surface area contributed by atoms with Crippen LogP contribution in [0.25, 0.3) is 22.6 Å². The third-order valence-corrected chi connectivity index (χ3v) is 6.08. The second-order valence-electron chi connectivity index (χ2n) is 7.38. The molecular weight excluding hydrogens is 442 g/mol. The number of oxazole rings is 1. The molecular formula is C25H21NO6S. The number of aromatic nitrogens is 1. The van der Waals surface area contributed by atoms with E-state index in [-0.39, 0.29) is 17.1 Å². The third kappa shape index (κ3) is 5.30. The minimum Gasteiger partial charge on any atom is -0.493 e. The highest BCUT2D eigenvalue weighted by atomic mass is 32.2. The summed E-state index contributed by atoms with van der Waals surface area (Å²) >= 11 is 0. The van der Waals surface area contributed by atoms with Crippen molar-refractivity contribution in [3.63, 3.8) is 0 Å². The highest BCUT2D eigenvalue weighted by molar-refractivity contribution is 7.90. The fourth-order valence-electron chi connectivity index (χ4n) is 3.26. The molecule has 0 aliphatic rings. The zero-order chi connectivity index (χ0) is 23.4. The van der Waals surface area contributed by atoms with Crippen LogP contribution in [0.4, 0.5) is 0 Å². The second kappa shape index (κ2) is 9.30. The van der Waals surface area contributed by atoms with Crippen molar-refractivity contribution in [3.05, 3.63) is 90.3 Å². The molecule has 0 spiro atoms. The molecule has 33 heavy (non-hydrogen) atoms. The second-order valence-corrected chi connectivity index (χ2v) is 9.39. The van der Waals surface area contributed by atoms with E-state index in [1.807, 2.05) is 30.3 Å². The van der Waals surface area contributed by atoms with E-state index in [4.69, 9.17) is 14.3 Å². The lowest BCUT2D eigenvalue weighted by atomic mass is 10.1. The first kappa shape index (κ1) is 22.3. The van der Waals surface area contributed by atoms with Crippen molar-refractivity contribution in [1.29, 1.82) is 0 Å². The highest BCUT2D eigenvalue weighted by Crippen LogP contribution is 2.33. The third-order valence-electron chi connectivity index (χ3n) is 4.95. The molecule has 0 fully saturated rings. The highest BCUT2D eigenvalue weighted by Gasteiger charge is 2.18. The van der Waals surface area contributed by atoms with Gasteiger partial charge in [0.1, 0.15) is 11.4 Å². The van der Waals surface area contributed by atoms with Crippen LogP contribution in [-0.4, -0.2) is 37.3 Å². The van der Waals surface area contributed by atoms with Crippen LogP contribution in [0.5, 0.6) is 5.75 Å². The molecule has 0 atom stereocenters. The zero-order valence-electron chi connectivity index (χ0n) is 17.8. The molecule has 0 amide bonds. The van der Waals surface area contributed by atoms with Crippen LogP contribution in [0, 0.1) is 0 Å². The molecule has 1 aromatic heterocycles. The smallest absolute Gasteiger partial charge is 0.335 e. The van der Waals surface area contributed by atoms with Gasteiger partial charge in [-0.3, -0.25) is 0 Å². The van der Waals surface area contributed by atoms with Gasteiger partial charge in [0.05, 0.1) is 23.5 Å². The normalized spacial score (nSPS) is 11.3.